The van der Waals surface area contributed by atoms with E-state index in [9.17, 15) is 16.8 Å². The molecule has 8 heteroatoms. The second-order valence-electron chi connectivity index (χ2n) is 4.69. The van der Waals surface area contributed by atoms with Gasteiger partial charge >= 0.3 is 0 Å². The molecule has 6 nitrogen and oxygen atoms in total. The van der Waals surface area contributed by atoms with Gasteiger partial charge in [0, 0.05) is 19.1 Å². The minimum Gasteiger partial charge on any atom is -0.214 e. The van der Waals surface area contributed by atoms with E-state index in [1.165, 1.54) is 4.31 Å². The summed E-state index contributed by atoms with van der Waals surface area (Å²) in [7, 11) is -6.51. The summed E-state index contributed by atoms with van der Waals surface area (Å²) in [6.45, 7) is 2.59. The zero-order chi connectivity index (χ0) is 13.8. The molecule has 1 unspecified atom stereocenters. The Morgan fingerprint density at radius 1 is 1.28 bits per heavy atom. The van der Waals surface area contributed by atoms with Crippen LogP contribution in [0.4, 0.5) is 0 Å². The summed E-state index contributed by atoms with van der Waals surface area (Å²) < 4.78 is 50.1. The molecule has 0 aromatic heterocycles. The third kappa shape index (κ3) is 4.83. The molecule has 18 heavy (non-hydrogen) atoms. The minimum atomic E-state index is -3.27. The molecular weight excluding hydrogens is 276 g/mol. The van der Waals surface area contributed by atoms with E-state index >= 15 is 0 Å². The SMILES string of the molecule is CCCCS(=O)(=O)NCC1CCCN1S(C)(=O)=O. The Balaban J connectivity index is 2.53. The molecule has 1 rings (SSSR count). The van der Waals surface area contributed by atoms with E-state index in [1.807, 2.05) is 6.92 Å². The molecule has 0 aromatic rings. The number of hydrogen-bond acceptors (Lipinski definition) is 4. The van der Waals surface area contributed by atoms with Crippen LogP contribution in [-0.2, 0) is 20.0 Å². The predicted octanol–water partition coefficient (Wildman–Crippen LogP) is 0.130. The molecule has 0 aliphatic carbocycles. The average molecular weight is 298 g/mol. The summed E-state index contributed by atoms with van der Waals surface area (Å²) in [6, 6.07) is -0.239. The summed E-state index contributed by atoms with van der Waals surface area (Å²) in [6.07, 6.45) is 4.10. The topological polar surface area (TPSA) is 83.6 Å². The summed E-state index contributed by atoms with van der Waals surface area (Å²) in [4.78, 5) is 0. The maximum Gasteiger partial charge on any atom is 0.211 e. The molecule has 0 radical (unpaired) electrons. The van der Waals surface area contributed by atoms with Crippen LogP contribution in [0.2, 0.25) is 0 Å². The largest absolute Gasteiger partial charge is 0.214 e. The fraction of sp³-hybridized carbons (Fsp3) is 1.00. The lowest BCUT2D eigenvalue weighted by Crippen LogP contribution is -2.43. The second kappa shape index (κ2) is 6.31. The van der Waals surface area contributed by atoms with Crippen LogP contribution in [-0.4, -0.2) is 52.3 Å². The van der Waals surface area contributed by atoms with Crippen molar-refractivity contribution in [2.45, 2.75) is 38.6 Å². The summed E-state index contributed by atoms with van der Waals surface area (Å²) in [5.74, 6) is 0.106. The normalized spacial score (nSPS) is 22.4. The smallest absolute Gasteiger partial charge is 0.211 e. The molecule has 108 valence electrons. The Morgan fingerprint density at radius 2 is 1.94 bits per heavy atom. The molecule has 1 aliphatic heterocycles. The second-order valence-corrected chi connectivity index (χ2v) is 8.55. The lowest BCUT2D eigenvalue weighted by atomic mass is 10.2. The van der Waals surface area contributed by atoms with Crippen molar-refractivity contribution in [2.24, 2.45) is 0 Å². The first-order valence-corrected chi connectivity index (χ1v) is 9.70. The predicted molar refractivity (Wildman–Crippen MR) is 71.3 cm³/mol. The van der Waals surface area contributed by atoms with Crippen molar-refractivity contribution >= 4 is 20.0 Å². The van der Waals surface area contributed by atoms with Gasteiger partial charge in [0.25, 0.3) is 0 Å². The highest BCUT2D eigenvalue weighted by Crippen LogP contribution is 2.19. The summed E-state index contributed by atoms with van der Waals surface area (Å²) >= 11 is 0. The molecule has 1 fully saturated rings. The highest BCUT2D eigenvalue weighted by molar-refractivity contribution is 7.89. The van der Waals surface area contributed by atoms with Crippen LogP contribution in [0.3, 0.4) is 0 Å². The van der Waals surface area contributed by atoms with Crippen molar-refractivity contribution in [3.05, 3.63) is 0 Å². The number of nitrogens with zero attached hydrogens (tertiary/aromatic N) is 1. The van der Waals surface area contributed by atoms with Crippen molar-refractivity contribution < 1.29 is 16.8 Å². The van der Waals surface area contributed by atoms with Crippen LogP contribution in [0.25, 0.3) is 0 Å². The van der Waals surface area contributed by atoms with E-state index in [0.717, 1.165) is 19.1 Å². The molecule has 1 aliphatic rings. The van der Waals surface area contributed by atoms with E-state index in [-0.39, 0.29) is 18.3 Å². The van der Waals surface area contributed by atoms with Crippen molar-refractivity contribution in [3.63, 3.8) is 0 Å². The minimum absolute atomic E-state index is 0.106. The van der Waals surface area contributed by atoms with Crippen LogP contribution in [0.1, 0.15) is 32.6 Å². The zero-order valence-electron chi connectivity index (χ0n) is 10.9. The zero-order valence-corrected chi connectivity index (χ0v) is 12.6. The van der Waals surface area contributed by atoms with Crippen LogP contribution < -0.4 is 4.72 Å². The molecule has 1 N–H and O–H groups in total. The van der Waals surface area contributed by atoms with Gasteiger partial charge in [-0.05, 0) is 19.3 Å². The van der Waals surface area contributed by atoms with Crippen LogP contribution in [0.15, 0.2) is 0 Å². The quantitative estimate of drug-likeness (QED) is 0.724. The lowest BCUT2D eigenvalue weighted by Gasteiger charge is -2.22. The first-order valence-electron chi connectivity index (χ1n) is 6.20. The van der Waals surface area contributed by atoms with Crippen molar-refractivity contribution in [1.29, 1.82) is 0 Å². The Morgan fingerprint density at radius 3 is 2.50 bits per heavy atom. The van der Waals surface area contributed by atoms with Gasteiger partial charge in [-0.3, -0.25) is 0 Å². The highest BCUT2D eigenvalue weighted by Gasteiger charge is 2.31. The van der Waals surface area contributed by atoms with Crippen molar-refractivity contribution in [1.82, 2.24) is 9.03 Å². The summed E-state index contributed by atoms with van der Waals surface area (Å²) in [5, 5.41) is 0. The van der Waals surface area contributed by atoms with E-state index in [2.05, 4.69) is 4.72 Å². The van der Waals surface area contributed by atoms with Gasteiger partial charge in [-0.15, -0.1) is 0 Å². The maximum atomic E-state index is 11.6. The third-order valence-corrected chi connectivity index (χ3v) is 5.82. The van der Waals surface area contributed by atoms with Crippen LogP contribution >= 0.6 is 0 Å². The lowest BCUT2D eigenvalue weighted by molar-refractivity contribution is 0.388. The van der Waals surface area contributed by atoms with Gasteiger partial charge < -0.3 is 0 Å². The molecule has 0 aromatic carbocycles. The first kappa shape index (κ1) is 15.9. The molecule has 0 amide bonds. The number of unbranched alkanes of at least 4 members (excludes halogenated alkanes) is 1. The monoisotopic (exact) mass is 298 g/mol. The molecule has 0 saturated carbocycles. The van der Waals surface area contributed by atoms with Crippen LogP contribution in [0.5, 0.6) is 0 Å². The molecule has 1 atom stereocenters. The van der Waals surface area contributed by atoms with Gasteiger partial charge in [-0.1, -0.05) is 13.3 Å². The molecule has 1 saturated heterocycles. The number of hydrogen-bond donors (Lipinski definition) is 1. The van der Waals surface area contributed by atoms with E-state index in [4.69, 9.17) is 0 Å². The standard InChI is InChI=1S/C10H22N2O4S2/c1-3-4-8-18(15,16)11-9-10-6-5-7-12(10)17(2,13)14/h10-11H,3-9H2,1-2H3. The summed E-state index contributed by atoms with van der Waals surface area (Å²) in [5.41, 5.74) is 0. The fourth-order valence-electron chi connectivity index (χ4n) is 2.08. The molecule has 1 heterocycles. The third-order valence-electron chi connectivity index (χ3n) is 3.05. The number of sulfonamides is 2. The Kier molecular flexibility index (Phi) is 5.57. The Bertz CT molecular complexity index is 458. The van der Waals surface area contributed by atoms with Crippen molar-refractivity contribution in [2.75, 3.05) is 25.1 Å². The highest BCUT2D eigenvalue weighted by atomic mass is 32.2. The Labute approximate surface area is 110 Å². The molecule has 0 spiro atoms. The van der Waals surface area contributed by atoms with E-state index in [0.29, 0.717) is 19.4 Å². The van der Waals surface area contributed by atoms with Crippen LogP contribution in [0, 0.1) is 0 Å². The van der Waals surface area contributed by atoms with Gasteiger partial charge in [0.15, 0.2) is 0 Å². The van der Waals surface area contributed by atoms with Gasteiger partial charge in [0.1, 0.15) is 0 Å². The first-order chi connectivity index (χ1) is 8.26. The fourth-order valence-corrected chi connectivity index (χ4v) is 4.52. The van der Waals surface area contributed by atoms with E-state index < -0.39 is 20.0 Å². The number of rotatable bonds is 7. The van der Waals surface area contributed by atoms with E-state index in [1.54, 1.807) is 0 Å². The average Bonchev–Trinajstić information content (AvgIpc) is 2.72. The Hall–Kier alpha value is -0.180. The van der Waals surface area contributed by atoms with Crippen molar-refractivity contribution in [3.8, 4) is 0 Å². The molecular formula is C10H22N2O4S2. The number of nitrogens with one attached hydrogen (secondary N) is 1. The molecule has 0 bridgehead atoms. The van der Waals surface area contributed by atoms with Gasteiger partial charge in [0.2, 0.25) is 20.0 Å². The van der Waals surface area contributed by atoms with Gasteiger partial charge in [-0.25, -0.2) is 21.6 Å². The maximum absolute atomic E-state index is 11.6. The van der Waals surface area contributed by atoms with Gasteiger partial charge in [0.05, 0.1) is 12.0 Å². The van der Waals surface area contributed by atoms with Gasteiger partial charge in [-0.2, -0.15) is 4.31 Å².